The highest BCUT2D eigenvalue weighted by atomic mass is 16.5. The molecule has 0 saturated carbocycles. The van der Waals surface area contributed by atoms with E-state index in [1.54, 1.807) is 6.92 Å². The third-order valence-electron chi connectivity index (χ3n) is 1.49. The molecule has 0 spiro atoms. The molecule has 0 radical (unpaired) electrons. The van der Waals surface area contributed by atoms with Gasteiger partial charge in [0, 0.05) is 13.3 Å². The SMILES string of the molecule is CCOC(=O)C(CCC#N)NC(C)=O. The molecule has 0 saturated heterocycles. The minimum absolute atomic E-state index is 0.212. The summed E-state index contributed by atoms with van der Waals surface area (Å²) in [5.41, 5.74) is 0. The van der Waals surface area contributed by atoms with Crippen LogP contribution in [0.3, 0.4) is 0 Å². The third kappa shape index (κ3) is 5.14. The summed E-state index contributed by atoms with van der Waals surface area (Å²) < 4.78 is 4.74. The van der Waals surface area contributed by atoms with Gasteiger partial charge in [-0.1, -0.05) is 0 Å². The van der Waals surface area contributed by atoms with Crippen molar-refractivity contribution in [3.05, 3.63) is 0 Å². The molecule has 0 aliphatic rings. The number of carbonyl (C=O) groups excluding carboxylic acids is 2. The van der Waals surface area contributed by atoms with E-state index in [9.17, 15) is 9.59 Å². The molecule has 0 aromatic heterocycles. The monoisotopic (exact) mass is 198 g/mol. The Balaban J connectivity index is 4.16. The average molecular weight is 198 g/mol. The predicted molar refractivity (Wildman–Crippen MR) is 49.1 cm³/mol. The molecule has 1 unspecified atom stereocenters. The minimum Gasteiger partial charge on any atom is -0.464 e. The highest BCUT2D eigenvalue weighted by Crippen LogP contribution is 1.99. The van der Waals surface area contributed by atoms with Gasteiger partial charge in [-0.05, 0) is 13.3 Å². The Labute approximate surface area is 83.0 Å². The van der Waals surface area contributed by atoms with Crippen molar-refractivity contribution in [2.24, 2.45) is 0 Å². The van der Waals surface area contributed by atoms with E-state index < -0.39 is 12.0 Å². The van der Waals surface area contributed by atoms with Crippen LogP contribution in [-0.2, 0) is 14.3 Å². The zero-order valence-corrected chi connectivity index (χ0v) is 8.37. The zero-order chi connectivity index (χ0) is 11.0. The summed E-state index contributed by atoms with van der Waals surface area (Å²) in [5.74, 6) is -0.793. The molecule has 0 bridgehead atoms. The van der Waals surface area contributed by atoms with Gasteiger partial charge in [-0.3, -0.25) is 4.79 Å². The van der Waals surface area contributed by atoms with E-state index in [-0.39, 0.29) is 25.4 Å². The fourth-order valence-electron chi connectivity index (χ4n) is 0.946. The number of hydrogen-bond acceptors (Lipinski definition) is 4. The van der Waals surface area contributed by atoms with Crippen molar-refractivity contribution in [2.45, 2.75) is 32.7 Å². The van der Waals surface area contributed by atoms with Gasteiger partial charge in [0.25, 0.3) is 0 Å². The quantitative estimate of drug-likeness (QED) is 0.647. The highest BCUT2D eigenvalue weighted by Gasteiger charge is 2.19. The second-order valence-corrected chi connectivity index (χ2v) is 2.70. The number of hydrogen-bond donors (Lipinski definition) is 1. The molecule has 1 N–H and O–H groups in total. The van der Waals surface area contributed by atoms with Crippen LogP contribution in [0.1, 0.15) is 26.7 Å². The molecule has 0 rings (SSSR count). The van der Waals surface area contributed by atoms with E-state index in [0.29, 0.717) is 0 Å². The van der Waals surface area contributed by atoms with Crippen LogP contribution in [0.25, 0.3) is 0 Å². The van der Waals surface area contributed by atoms with E-state index in [1.165, 1.54) is 6.92 Å². The zero-order valence-electron chi connectivity index (χ0n) is 8.37. The van der Waals surface area contributed by atoms with Crippen molar-refractivity contribution in [3.63, 3.8) is 0 Å². The summed E-state index contributed by atoms with van der Waals surface area (Å²) in [4.78, 5) is 22.0. The summed E-state index contributed by atoms with van der Waals surface area (Å²) in [6.45, 7) is 3.27. The van der Waals surface area contributed by atoms with E-state index in [1.807, 2.05) is 6.07 Å². The molecule has 0 aliphatic heterocycles. The predicted octanol–water partition coefficient (Wildman–Crippen LogP) is 0.358. The molecule has 14 heavy (non-hydrogen) atoms. The average Bonchev–Trinajstić information content (AvgIpc) is 2.12. The maximum atomic E-state index is 11.2. The van der Waals surface area contributed by atoms with Crippen LogP contribution in [0.4, 0.5) is 0 Å². The minimum atomic E-state index is -0.702. The fourth-order valence-corrected chi connectivity index (χ4v) is 0.946. The number of amides is 1. The number of rotatable bonds is 5. The van der Waals surface area contributed by atoms with E-state index in [4.69, 9.17) is 10.00 Å². The summed E-state index contributed by atoms with van der Waals surface area (Å²) in [5, 5.41) is 10.8. The van der Waals surface area contributed by atoms with Gasteiger partial charge in [0.15, 0.2) is 0 Å². The van der Waals surface area contributed by atoms with E-state index >= 15 is 0 Å². The molecule has 0 heterocycles. The Kier molecular flexibility index (Phi) is 6.12. The Morgan fingerprint density at radius 1 is 1.57 bits per heavy atom. The van der Waals surface area contributed by atoms with Crippen LogP contribution in [-0.4, -0.2) is 24.5 Å². The second-order valence-electron chi connectivity index (χ2n) is 2.70. The normalized spacial score (nSPS) is 11.2. The molecule has 5 nitrogen and oxygen atoms in total. The fraction of sp³-hybridized carbons (Fsp3) is 0.667. The summed E-state index contributed by atoms with van der Waals surface area (Å²) in [7, 11) is 0. The number of nitriles is 1. The molecule has 1 atom stereocenters. The standard InChI is InChI=1S/C9H14N2O3/c1-3-14-9(13)8(5-4-6-10)11-7(2)12/h8H,3-5H2,1-2H3,(H,11,12). The van der Waals surface area contributed by atoms with Gasteiger partial charge in [0.2, 0.25) is 5.91 Å². The van der Waals surface area contributed by atoms with E-state index in [0.717, 1.165) is 0 Å². The largest absolute Gasteiger partial charge is 0.464 e. The van der Waals surface area contributed by atoms with Crippen molar-refractivity contribution < 1.29 is 14.3 Å². The lowest BCUT2D eigenvalue weighted by Crippen LogP contribution is -2.40. The first-order valence-corrected chi connectivity index (χ1v) is 4.42. The maximum absolute atomic E-state index is 11.2. The molecular formula is C9H14N2O3. The molecule has 0 aromatic carbocycles. The van der Waals surface area contributed by atoms with Crippen molar-refractivity contribution in [1.29, 1.82) is 5.26 Å². The van der Waals surface area contributed by atoms with Crippen LogP contribution in [0.15, 0.2) is 0 Å². The highest BCUT2D eigenvalue weighted by molar-refractivity contribution is 5.83. The number of ether oxygens (including phenoxy) is 1. The number of esters is 1. The van der Waals surface area contributed by atoms with Crippen LogP contribution in [0.5, 0.6) is 0 Å². The molecule has 0 fully saturated rings. The maximum Gasteiger partial charge on any atom is 0.328 e. The molecule has 0 aliphatic carbocycles. The van der Waals surface area contributed by atoms with Crippen molar-refractivity contribution in [3.8, 4) is 6.07 Å². The number of nitrogens with zero attached hydrogens (tertiary/aromatic N) is 1. The lowest BCUT2D eigenvalue weighted by atomic mass is 10.1. The number of carbonyl (C=O) groups is 2. The second kappa shape index (κ2) is 6.89. The Bertz CT molecular complexity index is 245. The van der Waals surface area contributed by atoms with Gasteiger partial charge in [0.1, 0.15) is 6.04 Å². The van der Waals surface area contributed by atoms with Gasteiger partial charge in [-0.2, -0.15) is 5.26 Å². The van der Waals surface area contributed by atoms with Gasteiger partial charge >= 0.3 is 5.97 Å². The Morgan fingerprint density at radius 3 is 2.64 bits per heavy atom. The van der Waals surface area contributed by atoms with Crippen molar-refractivity contribution >= 4 is 11.9 Å². The van der Waals surface area contributed by atoms with Crippen LogP contribution < -0.4 is 5.32 Å². The smallest absolute Gasteiger partial charge is 0.328 e. The first-order chi connectivity index (χ1) is 6.61. The van der Waals surface area contributed by atoms with Gasteiger partial charge in [0.05, 0.1) is 12.7 Å². The number of nitrogens with one attached hydrogen (secondary N) is 1. The van der Waals surface area contributed by atoms with Crippen molar-refractivity contribution in [2.75, 3.05) is 6.61 Å². The Morgan fingerprint density at radius 2 is 2.21 bits per heavy atom. The van der Waals surface area contributed by atoms with Crippen molar-refractivity contribution in [1.82, 2.24) is 5.32 Å². The Hall–Kier alpha value is -1.57. The molecule has 0 aromatic rings. The summed E-state index contributed by atoms with van der Waals surface area (Å²) in [6, 6.07) is 1.21. The topological polar surface area (TPSA) is 79.2 Å². The van der Waals surface area contributed by atoms with Gasteiger partial charge in [-0.25, -0.2) is 4.79 Å². The third-order valence-corrected chi connectivity index (χ3v) is 1.49. The summed E-state index contributed by atoms with van der Waals surface area (Å²) >= 11 is 0. The molecular weight excluding hydrogens is 184 g/mol. The van der Waals surface area contributed by atoms with Crippen LogP contribution in [0.2, 0.25) is 0 Å². The van der Waals surface area contributed by atoms with Crippen LogP contribution in [0, 0.1) is 11.3 Å². The lowest BCUT2D eigenvalue weighted by molar-refractivity contribution is -0.147. The van der Waals surface area contributed by atoms with Gasteiger partial charge < -0.3 is 10.1 Å². The lowest BCUT2D eigenvalue weighted by Gasteiger charge is -2.14. The van der Waals surface area contributed by atoms with E-state index in [2.05, 4.69) is 5.32 Å². The first-order valence-electron chi connectivity index (χ1n) is 4.42. The molecule has 78 valence electrons. The summed E-state index contributed by atoms with van der Waals surface area (Å²) in [6.07, 6.45) is 0.499. The van der Waals surface area contributed by atoms with Crippen LogP contribution >= 0.6 is 0 Å². The molecule has 1 amide bonds. The van der Waals surface area contributed by atoms with Gasteiger partial charge in [-0.15, -0.1) is 0 Å². The molecule has 5 heteroatoms. The first kappa shape index (κ1) is 12.4.